The van der Waals surface area contributed by atoms with Gasteiger partial charge in [-0.1, -0.05) is 66.7 Å². The first-order valence-electron chi connectivity index (χ1n) is 6.90. The molecule has 4 rings (SSSR count). The molecule has 0 aliphatic rings. The highest BCUT2D eigenvalue weighted by atomic mass is 14.7. The van der Waals surface area contributed by atoms with Crippen molar-refractivity contribution in [2.75, 3.05) is 0 Å². The second kappa shape index (κ2) is 4.24. The summed E-state index contributed by atoms with van der Waals surface area (Å²) in [6.45, 7) is 2.15. The number of hydrogen-bond donors (Lipinski definition) is 1. The average Bonchev–Trinajstić information content (AvgIpc) is 2.88. The lowest BCUT2D eigenvalue weighted by molar-refractivity contribution is 1.45. The minimum atomic E-state index is 1.23. The molecular formula is C19H15N. The third-order valence-corrected chi connectivity index (χ3v) is 3.96. The van der Waals surface area contributed by atoms with Gasteiger partial charge in [0.25, 0.3) is 0 Å². The number of aromatic nitrogens is 1. The van der Waals surface area contributed by atoms with E-state index < -0.39 is 0 Å². The predicted octanol–water partition coefficient (Wildman–Crippen LogP) is 5.30. The summed E-state index contributed by atoms with van der Waals surface area (Å²) in [4.78, 5) is 3.61. The Kier molecular flexibility index (Phi) is 2.40. The van der Waals surface area contributed by atoms with Gasteiger partial charge < -0.3 is 4.98 Å². The fourth-order valence-electron chi connectivity index (χ4n) is 2.95. The molecule has 0 saturated heterocycles. The first-order valence-corrected chi connectivity index (χ1v) is 6.90. The summed E-state index contributed by atoms with van der Waals surface area (Å²) in [7, 11) is 0. The van der Waals surface area contributed by atoms with Crippen LogP contribution in [-0.4, -0.2) is 4.98 Å². The fraction of sp³-hybridized carbons (Fsp3) is 0.0526. The Morgan fingerprint density at radius 3 is 2.15 bits per heavy atom. The lowest BCUT2D eigenvalue weighted by atomic mass is 10.0. The van der Waals surface area contributed by atoms with Crippen molar-refractivity contribution in [3.8, 4) is 11.1 Å². The second-order valence-corrected chi connectivity index (χ2v) is 5.22. The number of benzene rings is 3. The van der Waals surface area contributed by atoms with Crippen molar-refractivity contribution in [1.82, 2.24) is 4.98 Å². The van der Waals surface area contributed by atoms with Crippen LogP contribution in [0, 0.1) is 6.92 Å². The van der Waals surface area contributed by atoms with E-state index in [0.29, 0.717) is 0 Å². The summed E-state index contributed by atoms with van der Waals surface area (Å²) in [5.74, 6) is 0. The van der Waals surface area contributed by atoms with E-state index in [0.717, 1.165) is 0 Å². The van der Waals surface area contributed by atoms with E-state index in [9.17, 15) is 0 Å². The van der Waals surface area contributed by atoms with Crippen molar-refractivity contribution in [1.29, 1.82) is 0 Å². The number of aromatic amines is 1. The lowest BCUT2D eigenvalue weighted by Crippen LogP contribution is -1.79. The SMILES string of the molecule is Cc1cccc2c1[nH]c1c(-c3ccccc3)cccc12. The van der Waals surface area contributed by atoms with Crippen LogP contribution in [0.25, 0.3) is 32.9 Å². The molecule has 1 heterocycles. The molecule has 0 amide bonds. The standard InChI is InChI=1S/C19H15N/c1-13-7-5-11-16-17-12-6-10-15(19(17)20-18(13)16)14-8-3-2-4-9-14/h2-12,20H,1H3. The molecule has 1 heteroatoms. The minimum absolute atomic E-state index is 1.23. The molecule has 0 radical (unpaired) electrons. The van der Waals surface area contributed by atoms with E-state index in [-0.39, 0.29) is 0 Å². The van der Waals surface area contributed by atoms with Crippen molar-refractivity contribution in [2.24, 2.45) is 0 Å². The molecule has 0 unspecified atom stereocenters. The van der Waals surface area contributed by atoms with Crippen molar-refractivity contribution in [2.45, 2.75) is 6.92 Å². The Balaban J connectivity index is 2.14. The summed E-state index contributed by atoms with van der Waals surface area (Å²) in [6.07, 6.45) is 0. The van der Waals surface area contributed by atoms with Crippen LogP contribution < -0.4 is 0 Å². The van der Waals surface area contributed by atoms with Gasteiger partial charge in [-0.25, -0.2) is 0 Å². The molecule has 0 saturated carbocycles. The average molecular weight is 257 g/mol. The zero-order valence-electron chi connectivity index (χ0n) is 11.4. The van der Waals surface area contributed by atoms with Crippen LogP contribution in [0.2, 0.25) is 0 Å². The Morgan fingerprint density at radius 1 is 0.650 bits per heavy atom. The van der Waals surface area contributed by atoms with Crippen molar-refractivity contribution in [3.63, 3.8) is 0 Å². The fourth-order valence-corrected chi connectivity index (χ4v) is 2.95. The summed E-state index contributed by atoms with van der Waals surface area (Å²) >= 11 is 0. The van der Waals surface area contributed by atoms with Gasteiger partial charge in [-0.3, -0.25) is 0 Å². The van der Waals surface area contributed by atoms with Crippen LogP contribution in [0.4, 0.5) is 0 Å². The monoisotopic (exact) mass is 257 g/mol. The zero-order valence-corrected chi connectivity index (χ0v) is 11.4. The van der Waals surface area contributed by atoms with Gasteiger partial charge in [0.1, 0.15) is 0 Å². The molecule has 1 aromatic heterocycles. The summed E-state index contributed by atoms with van der Waals surface area (Å²) in [5, 5.41) is 2.60. The van der Waals surface area contributed by atoms with E-state index in [2.05, 4.69) is 78.6 Å². The molecule has 0 spiro atoms. The third kappa shape index (κ3) is 1.56. The summed E-state index contributed by atoms with van der Waals surface area (Å²) in [6, 6.07) is 23.5. The van der Waals surface area contributed by atoms with Crippen LogP contribution >= 0.6 is 0 Å². The molecule has 1 nitrogen and oxygen atoms in total. The Labute approximate surface area is 117 Å². The number of aryl methyl sites for hydroxylation is 1. The molecule has 0 atom stereocenters. The number of fused-ring (bicyclic) bond motifs is 3. The smallest absolute Gasteiger partial charge is 0.0544 e. The van der Waals surface area contributed by atoms with Gasteiger partial charge in [0.05, 0.1) is 5.52 Å². The third-order valence-electron chi connectivity index (χ3n) is 3.96. The van der Waals surface area contributed by atoms with Crippen LogP contribution in [0.3, 0.4) is 0 Å². The van der Waals surface area contributed by atoms with Gasteiger partial charge in [0.15, 0.2) is 0 Å². The number of rotatable bonds is 1. The molecule has 4 aromatic rings. The van der Waals surface area contributed by atoms with Gasteiger partial charge in [0.2, 0.25) is 0 Å². The maximum Gasteiger partial charge on any atom is 0.0544 e. The molecule has 20 heavy (non-hydrogen) atoms. The topological polar surface area (TPSA) is 15.8 Å². The molecule has 0 bridgehead atoms. The van der Waals surface area contributed by atoms with Crippen LogP contribution in [0.5, 0.6) is 0 Å². The zero-order chi connectivity index (χ0) is 13.5. The van der Waals surface area contributed by atoms with Gasteiger partial charge in [0, 0.05) is 21.9 Å². The van der Waals surface area contributed by atoms with Gasteiger partial charge in [-0.05, 0) is 18.1 Å². The second-order valence-electron chi connectivity index (χ2n) is 5.22. The molecule has 0 aliphatic heterocycles. The van der Waals surface area contributed by atoms with Gasteiger partial charge in [-0.15, -0.1) is 0 Å². The first-order chi connectivity index (χ1) is 9.84. The van der Waals surface area contributed by atoms with Crippen molar-refractivity contribution >= 4 is 21.8 Å². The number of para-hydroxylation sites is 2. The maximum atomic E-state index is 3.61. The number of H-pyrrole nitrogens is 1. The lowest BCUT2D eigenvalue weighted by Gasteiger charge is -2.03. The molecular weight excluding hydrogens is 242 g/mol. The van der Waals surface area contributed by atoms with Crippen LogP contribution in [0.15, 0.2) is 66.7 Å². The summed E-state index contributed by atoms with van der Waals surface area (Å²) < 4.78 is 0. The van der Waals surface area contributed by atoms with Crippen molar-refractivity contribution in [3.05, 3.63) is 72.3 Å². The highest BCUT2D eigenvalue weighted by Crippen LogP contribution is 2.33. The molecule has 3 aromatic carbocycles. The van der Waals surface area contributed by atoms with Crippen LogP contribution in [0.1, 0.15) is 5.56 Å². The van der Waals surface area contributed by atoms with Crippen LogP contribution in [-0.2, 0) is 0 Å². The maximum absolute atomic E-state index is 3.61. The van der Waals surface area contributed by atoms with E-state index >= 15 is 0 Å². The largest absolute Gasteiger partial charge is 0.354 e. The molecule has 0 fully saturated rings. The highest BCUT2D eigenvalue weighted by molar-refractivity contribution is 6.12. The Morgan fingerprint density at radius 2 is 1.35 bits per heavy atom. The number of nitrogens with one attached hydrogen (secondary N) is 1. The Bertz CT molecular complexity index is 901. The van der Waals surface area contributed by atoms with E-state index in [4.69, 9.17) is 0 Å². The first kappa shape index (κ1) is 11.3. The number of hydrogen-bond acceptors (Lipinski definition) is 0. The minimum Gasteiger partial charge on any atom is -0.354 e. The van der Waals surface area contributed by atoms with Crippen molar-refractivity contribution < 1.29 is 0 Å². The molecule has 0 aliphatic carbocycles. The van der Waals surface area contributed by atoms with E-state index in [1.807, 2.05) is 0 Å². The quantitative estimate of drug-likeness (QED) is 0.476. The molecule has 96 valence electrons. The molecule has 1 N–H and O–H groups in total. The van der Waals surface area contributed by atoms with E-state index in [1.165, 1.54) is 38.5 Å². The normalized spacial score (nSPS) is 11.2. The predicted molar refractivity (Wildman–Crippen MR) is 86.0 cm³/mol. The van der Waals surface area contributed by atoms with E-state index in [1.54, 1.807) is 0 Å². The highest BCUT2D eigenvalue weighted by Gasteiger charge is 2.09. The Hall–Kier alpha value is -2.54. The summed E-state index contributed by atoms with van der Waals surface area (Å²) in [5.41, 5.74) is 6.27. The van der Waals surface area contributed by atoms with Gasteiger partial charge >= 0.3 is 0 Å². The van der Waals surface area contributed by atoms with Gasteiger partial charge in [-0.2, -0.15) is 0 Å².